The monoisotopic (exact) mass is 1530 g/mol. The van der Waals surface area contributed by atoms with E-state index in [1.807, 2.05) is 0 Å². The highest BCUT2D eigenvalue weighted by molar-refractivity contribution is 6.01. The molecule has 13 atom stereocenters. The number of primary amides is 3. The lowest BCUT2D eigenvalue weighted by Crippen LogP contribution is -2.61. The van der Waals surface area contributed by atoms with Crippen LogP contribution in [0.4, 0.5) is 0 Å². The van der Waals surface area contributed by atoms with E-state index in [1.165, 1.54) is 25.7 Å². The molecule has 0 aromatic heterocycles. The lowest BCUT2D eigenvalue weighted by atomic mass is 9.99. The van der Waals surface area contributed by atoms with Crippen molar-refractivity contribution in [1.82, 2.24) is 74.0 Å². The standard InChI is InChI=1S/C68H118N20O20/c1-31(2)25-42(56(71)97)82-61(102)45(28-48(70)92)84-64(105)52(34(7)8)85-50(94)30-76-57(98)39(17-15-23-74-68(72)73)80-63(104)46-18-16-24-88(46)67(108)54(36(11)12)87-62(103)43(26-32(3)4)78-49(93)29-75-58(99)40(19-21-47(69)91)79-60(101)44(27-33(5)6)83-59(100)41(20-22-51(95)96)81-65(106)53(35(9)10)86-66(107)55(37(13)89)77-38(14)90/h31-37,39-46,52-55,89H,15-30H2,1-14H3,(H2,69,91)(H2,70,92)(H2,71,97)(H,75,99)(H,76,98)(H,77,90)(H,78,93)(H,79,101)(H,80,104)(H,81,106)(H,82,102)(H,83,100)(H,84,105)(H,85,94)(H,86,107)(H,87,103)(H,95,96)(H4,72,73,74)/t37-,39+,40+,41+,42+,43+,44+,45+,46+,52+,53+,54+,55+/m1/s1. The van der Waals surface area contributed by atoms with Crippen molar-refractivity contribution in [3.05, 3.63) is 0 Å². The molecule has 1 fully saturated rings. The number of carboxylic acids is 1. The predicted octanol–water partition coefficient (Wildman–Crippen LogP) is -6.41. The van der Waals surface area contributed by atoms with Crippen LogP contribution in [-0.4, -0.2) is 232 Å². The molecule has 40 heteroatoms. The Hall–Kier alpha value is -10.3. The van der Waals surface area contributed by atoms with Crippen molar-refractivity contribution < 1.29 is 96.5 Å². The summed E-state index contributed by atoms with van der Waals surface area (Å²) in [6.45, 7) is 20.6. The number of likely N-dealkylation sites (tertiary alicyclic amines) is 1. The van der Waals surface area contributed by atoms with Crippen molar-refractivity contribution >= 4 is 112 Å². The minimum Gasteiger partial charge on any atom is -0.481 e. The zero-order chi connectivity index (χ0) is 82.7. The molecule has 1 aliphatic rings. The Labute approximate surface area is 628 Å². The van der Waals surface area contributed by atoms with E-state index in [0.717, 1.165) is 6.92 Å². The van der Waals surface area contributed by atoms with E-state index in [1.54, 1.807) is 69.2 Å². The van der Waals surface area contributed by atoms with Crippen LogP contribution in [0.1, 0.15) is 174 Å². The van der Waals surface area contributed by atoms with Gasteiger partial charge in [-0.2, -0.15) is 0 Å². The van der Waals surface area contributed by atoms with Gasteiger partial charge in [-0.05, 0) is 100 Å². The summed E-state index contributed by atoms with van der Waals surface area (Å²) in [7, 11) is 0. The average Bonchev–Trinajstić information content (AvgIpc) is 1.61. The molecule has 0 aliphatic carbocycles. The third-order valence-corrected chi connectivity index (χ3v) is 16.8. The van der Waals surface area contributed by atoms with Gasteiger partial charge < -0.3 is 113 Å². The molecule has 0 saturated carbocycles. The molecule has 1 saturated heterocycles. The number of hydrogen-bond acceptors (Lipinski definition) is 20. The van der Waals surface area contributed by atoms with Gasteiger partial charge in [0.25, 0.3) is 0 Å². The Kier molecular flexibility index (Phi) is 42.0. The summed E-state index contributed by atoms with van der Waals surface area (Å²) >= 11 is 0. The number of rotatable bonds is 49. The molecule has 25 N–H and O–H groups in total. The summed E-state index contributed by atoms with van der Waals surface area (Å²) < 4.78 is 0. The van der Waals surface area contributed by atoms with Crippen molar-refractivity contribution in [3.63, 3.8) is 0 Å². The van der Waals surface area contributed by atoms with Crippen LogP contribution >= 0.6 is 0 Å². The van der Waals surface area contributed by atoms with Crippen LogP contribution in [0, 0.1) is 35.5 Å². The summed E-state index contributed by atoms with van der Waals surface area (Å²) in [6, 6.07) is -17.0. The molecule has 0 bridgehead atoms. The molecular weight excluding hydrogens is 1420 g/mol. The quantitative estimate of drug-likeness (QED) is 0.0153. The molecule has 610 valence electrons. The highest BCUT2D eigenvalue weighted by Crippen LogP contribution is 2.22. The van der Waals surface area contributed by atoms with Gasteiger partial charge in [-0.3, -0.25) is 91.3 Å². The molecule has 108 heavy (non-hydrogen) atoms. The molecule has 1 rings (SSSR count). The van der Waals surface area contributed by atoms with Crippen LogP contribution in [-0.2, 0) is 86.3 Å². The number of aliphatic hydroxyl groups excluding tert-OH is 1. The normalized spacial score (nSPS) is 16.0. The topological polar surface area (TPSA) is 650 Å². The number of carbonyl (C=O) groups is 18. The van der Waals surface area contributed by atoms with E-state index in [9.17, 15) is 96.5 Å². The van der Waals surface area contributed by atoms with Crippen LogP contribution in [0.3, 0.4) is 0 Å². The molecule has 0 aromatic rings. The second kappa shape index (κ2) is 47.4. The van der Waals surface area contributed by atoms with Gasteiger partial charge in [0.2, 0.25) is 100 Å². The van der Waals surface area contributed by atoms with Gasteiger partial charge in [-0.15, -0.1) is 0 Å². The number of aliphatic hydroxyl groups is 1. The number of nitrogens with zero attached hydrogens (tertiary/aromatic N) is 2. The number of carboxylic acid groups (broad SMARTS) is 1. The van der Waals surface area contributed by atoms with Crippen LogP contribution in [0.25, 0.3) is 0 Å². The smallest absolute Gasteiger partial charge is 0.303 e. The van der Waals surface area contributed by atoms with Gasteiger partial charge >= 0.3 is 5.97 Å². The SMILES string of the molecule is CC(=O)N[C@H](C(=O)N[C@H](C(=O)N[C@@H](CCC(=O)O)C(=O)N[C@@H](CC(C)C)C(=O)N[C@@H](CCC(N)=O)C(=O)NCC(=O)N[C@@H](CC(C)C)C(=O)N[C@H](C(=O)N1CCC[C@H]1C(=O)N[C@@H](CCCN=C(N)N)C(=O)NCC(=O)N[C@H](C(=O)N[C@@H](CC(N)=O)C(=O)N[C@@H](CC(C)C)C(N)=O)C(C)C)C(C)C)C(C)C)[C@@H](C)O. The van der Waals surface area contributed by atoms with Crippen LogP contribution in [0.2, 0.25) is 0 Å². The van der Waals surface area contributed by atoms with Crippen LogP contribution in [0.15, 0.2) is 4.99 Å². The fraction of sp³-hybridized carbons (Fsp3) is 0.721. The number of carbonyl (C=O) groups excluding carboxylic acids is 17. The lowest BCUT2D eigenvalue weighted by Gasteiger charge is -2.32. The largest absolute Gasteiger partial charge is 0.481 e. The van der Waals surface area contributed by atoms with Gasteiger partial charge in [-0.1, -0.05) is 83.1 Å². The summed E-state index contributed by atoms with van der Waals surface area (Å²) in [5.74, 6) is -19.6. The Balaban J connectivity index is 3.42. The van der Waals surface area contributed by atoms with Gasteiger partial charge in [0, 0.05) is 32.9 Å². The molecule has 0 aromatic carbocycles. The molecule has 40 nitrogen and oxygen atoms in total. The predicted molar refractivity (Wildman–Crippen MR) is 390 cm³/mol. The minimum absolute atomic E-state index is 0.00324. The van der Waals surface area contributed by atoms with Crippen LogP contribution in [0.5, 0.6) is 0 Å². The molecule has 0 unspecified atom stereocenters. The first-order valence-electron chi connectivity index (χ1n) is 36.1. The summed E-state index contributed by atoms with van der Waals surface area (Å²) in [5, 5.41) is 51.8. The number of nitrogens with one attached hydrogen (secondary N) is 13. The van der Waals surface area contributed by atoms with Crippen LogP contribution < -0.4 is 97.8 Å². The van der Waals surface area contributed by atoms with Gasteiger partial charge in [0.05, 0.1) is 25.6 Å². The lowest BCUT2D eigenvalue weighted by molar-refractivity contribution is -0.143. The van der Waals surface area contributed by atoms with E-state index in [-0.39, 0.29) is 75.3 Å². The number of nitrogens with two attached hydrogens (primary N) is 5. The average molecular weight is 1540 g/mol. The fourth-order valence-electron chi connectivity index (χ4n) is 11.2. The number of aliphatic carboxylic acids is 1. The first-order valence-corrected chi connectivity index (χ1v) is 36.1. The molecule has 1 heterocycles. The van der Waals surface area contributed by atoms with Crippen molar-refractivity contribution in [2.24, 2.45) is 69.2 Å². The van der Waals surface area contributed by atoms with E-state index < -0.39 is 248 Å². The Morgan fingerprint density at radius 2 is 0.843 bits per heavy atom. The zero-order valence-corrected chi connectivity index (χ0v) is 64.3. The van der Waals surface area contributed by atoms with Crippen molar-refractivity contribution in [3.8, 4) is 0 Å². The first kappa shape index (κ1) is 95.7. The zero-order valence-electron chi connectivity index (χ0n) is 64.3. The van der Waals surface area contributed by atoms with E-state index in [2.05, 4.69) is 74.1 Å². The second-order valence-electron chi connectivity index (χ2n) is 29.1. The van der Waals surface area contributed by atoms with Crippen molar-refractivity contribution in [2.45, 2.75) is 253 Å². The second-order valence-corrected chi connectivity index (χ2v) is 29.1. The minimum atomic E-state index is -1.65. The summed E-state index contributed by atoms with van der Waals surface area (Å²) in [5.41, 5.74) is 27.3. The van der Waals surface area contributed by atoms with Crippen molar-refractivity contribution in [2.75, 3.05) is 26.2 Å². The summed E-state index contributed by atoms with van der Waals surface area (Å²) in [4.78, 5) is 245. The number of guanidine groups is 1. The number of amides is 17. The van der Waals surface area contributed by atoms with E-state index in [0.29, 0.717) is 6.42 Å². The summed E-state index contributed by atoms with van der Waals surface area (Å²) in [6.07, 6.45) is -3.77. The fourth-order valence-corrected chi connectivity index (χ4v) is 11.2. The maximum absolute atomic E-state index is 14.6. The van der Waals surface area contributed by atoms with E-state index >= 15 is 0 Å². The third kappa shape index (κ3) is 35.9. The molecule has 0 spiro atoms. The van der Waals surface area contributed by atoms with Crippen molar-refractivity contribution in [1.29, 1.82) is 0 Å². The maximum Gasteiger partial charge on any atom is 0.303 e. The Morgan fingerprint density at radius 1 is 0.435 bits per heavy atom. The first-order chi connectivity index (χ1) is 50.2. The van der Waals surface area contributed by atoms with E-state index in [4.69, 9.17) is 28.7 Å². The molecular formula is C68H118N20O20. The third-order valence-electron chi connectivity index (χ3n) is 16.8. The molecule has 0 radical (unpaired) electrons. The van der Waals surface area contributed by atoms with Gasteiger partial charge in [0.15, 0.2) is 5.96 Å². The highest BCUT2D eigenvalue weighted by atomic mass is 16.4. The molecule has 17 amide bonds. The maximum atomic E-state index is 14.6. The number of hydrogen-bond donors (Lipinski definition) is 20. The number of aliphatic imine (C=N–C) groups is 1. The van der Waals surface area contributed by atoms with Gasteiger partial charge in [-0.25, -0.2) is 0 Å². The Bertz CT molecular complexity index is 3200. The highest BCUT2D eigenvalue weighted by Gasteiger charge is 2.42. The van der Waals surface area contributed by atoms with Gasteiger partial charge in [0.1, 0.15) is 72.5 Å². The molecule has 1 aliphatic heterocycles. The Morgan fingerprint density at radius 3 is 1.31 bits per heavy atom.